The second-order valence-electron chi connectivity index (χ2n) is 4.67. The number of nitrogens with one attached hydrogen (secondary N) is 1. The maximum atomic E-state index is 11.4. The SMILES string of the molecule is O=C1Cc2cc(C(Br)c3cc(Cl)ccc3Cl)ccc2N1. The van der Waals surface area contributed by atoms with E-state index in [0.29, 0.717) is 16.5 Å². The molecule has 0 bridgehead atoms. The maximum absolute atomic E-state index is 11.4. The fourth-order valence-corrected chi connectivity index (χ4v) is 3.50. The van der Waals surface area contributed by atoms with Gasteiger partial charge in [-0.2, -0.15) is 0 Å². The monoisotopic (exact) mass is 369 g/mol. The molecule has 0 aliphatic carbocycles. The molecule has 0 aromatic heterocycles. The molecule has 1 unspecified atom stereocenters. The molecule has 0 fully saturated rings. The van der Waals surface area contributed by atoms with Crippen LogP contribution < -0.4 is 5.32 Å². The summed E-state index contributed by atoms with van der Waals surface area (Å²) in [5, 5.41) is 4.13. The van der Waals surface area contributed by atoms with Gasteiger partial charge in [-0.05, 0) is 41.0 Å². The van der Waals surface area contributed by atoms with E-state index in [0.717, 1.165) is 22.4 Å². The van der Waals surface area contributed by atoms with E-state index < -0.39 is 0 Å². The Morgan fingerprint density at radius 2 is 1.95 bits per heavy atom. The van der Waals surface area contributed by atoms with Crippen LogP contribution in [0.4, 0.5) is 5.69 Å². The Morgan fingerprint density at radius 1 is 1.15 bits per heavy atom. The van der Waals surface area contributed by atoms with Crippen molar-refractivity contribution < 1.29 is 4.79 Å². The Morgan fingerprint density at radius 3 is 2.75 bits per heavy atom. The first-order valence-corrected chi connectivity index (χ1v) is 7.73. The number of alkyl halides is 1. The second kappa shape index (κ2) is 5.40. The van der Waals surface area contributed by atoms with Crippen LogP contribution >= 0.6 is 39.1 Å². The predicted molar refractivity (Wildman–Crippen MR) is 86.0 cm³/mol. The van der Waals surface area contributed by atoms with Crippen LogP contribution in [0.15, 0.2) is 36.4 Å². The third kappa shape index (κ3) is 2.58. The Kier molecular flexibility index (Phi) is 3.76. The molecular formula is C15H10BrCl2NO. The number of anilines is 1. The van der Waals surface area contributed by atoms with Gasteiger partial charge in [-0.25, -0.2) is 0 Å². The molecular weight excluding hydrogens is 361 g/mol. The minimum absolute atomic E-state index is 0.0315. The molecule has 0 radical (unpaired) electrons. The molecule has 0 saturated carbocycles. The van der Waals surface area contributed by atoms with E-state index in [1.807, 2.05) is 24.3 Å². The lowest BCUT2D eigenvalue weighted by molar-refractivity contribution is -0.115. The van der Waals surface area contributed by atoms with E-state index >= 15 is 0 Å². The molecule has 2 aromatic rings. The minimum Gasteiger partial charge on any atom is -0.326 e. The van der Waals surface area contributed by atoms with Crippen molar-refractivity contribution in [2.24, 2.45) is 0 Å². The lowest BCUT2D eigenvalue weighted by Crippen LogP contribution is -2.03. The molecule has 2 aromatic carbocycles. The molecule has 3 rings (SSSR count). The fourth-order valence-electron chi connectivity index (χ4n) is 2.30. The molecule has 1 aliphatic heterocycles. The van der Waals surface area contributed by atoms with Gasteiger partial charge in [0.2, 0.25) is 5.91 Å². The van der Waals surface area contributed by atoms with E-state index in [2.05, 4.69) is 21.2 Å². The van der Waals surface area contributed by atoms with Crippen molar-refractivity contribution in [2.75, 3.05) is 5.32 Å². The number of carbonyl (C=O) groups is 1. The van der Waals surface area contributed by atoms with Gasteiger partial charge in [0.05, 0.1) is 11.2 Å². The van der Waals surface area contributed by atoms with Crippen molar-refractivity contribution in [3.05, 3.63) is 63.1 Å². The first-order chi connectivity index (χ1) is 9.54. The van der Waals surface area contributed by atoms with Crippen molar-refractivity contribution in [3.8, 4) is 0 Å². The third-order valence-corrected chi connectivity index (χ3v) is 4.88. The predicted octanol–water partition coefficient (Wildman–Crippen LogP) is 4.97. The number of rotatable bonds is 2. The van der Waals surface area contributed by atoms with Crippen LogP contribution in [-0.4, -0.2) is 5.91 Å². The standard InChI is InChI=1S/C15H10BrCl2NO/c16-15(11-7-10(17)2-3-12(11)18)8-1-4-13-9(5-8)6-14(20)19-13/h1-5,7,15H,6H2,(H,19,20). The number of hydrogen-bond donors (Lipinski definition) is 1. The summed E-state index contributed by atoms with van der Waals surface area (Å²) in [6.45, 7) is 0. The van der Waals surface area contributed by atoms with Crippen molar-refractivity contribution in [3.63, 3.8) is 0 Å². The fraction of sp³-hybridized carbons (Fsp3) is 0.133. The van der Waals surface area contributed by atoms with Gasteiger partial charge in [0.25, 0.3) is 0 Å². The van der Waals surface area contributed by atoms with Crippen LogP contribution in [0.2, 0.25) is 10.0 Å². The van der Waals surface area contributed by atoms with Crippen LogP contribution in [0.5, 0.6) is 0 Å². The summed E-state index contributed by atoms with van der Waals surface area (Å²) in [6, 6.07) is 11.3. The molecule has 5 heteroatoms. The van der Waals surface area contributed by atoms with Crippen LogP contribution in [0.3, 0.4) is 0 Å². The summed E-state index contributed by atoms with van der Waals surface area (Å²) in [5.41, 5.74) is 3.85. The summed E-state index contributed by atoms with van der Waals surface area (Å²) in [4.78, 5) is 11.3. The average Bonchev–Trinajstić information content (AvgIpc) is 2.79. The maximum Gasteiger partial charge on any atom is 0.228 e. The number of fused-ring (bicyclic) bond motifs is 1. The zero-order valence-corrected chi connectivity index (χ0v) is 13.4. The number of benzene rings is 2. The minimum atomic E-state index is -0.0605. The van der Waals surface area contributed by atoms with Crippen molar-refractivity contribution in [1.82, 2.24) is 0 Å². The van der Waals surface area contributed by atoms with E-state index in [9.17, 15) is 4.79 Å². The summed E-state index contributed by atoms with van der Waals surface area (Å²) >= 11 is 15.9. The van der Waals surface area contributed by atoms with Gasteiger partial charge < -0.3 is 5.32 Å². The lowest BCUT2D eigenvalue weighted by atomic mass is 10.0. The number of halogens is 3. The van der Waals surface area contributed by atoms with Crippen molar-refractivity contribution >= 4 is 50.7 Å². The van der Waals surface area contributed by atoms with Gasteiger partial charge in [-0.1, -0.05) is 51.3 Å². The third-order valence-electron chi connectivity index (χ3n) is 3.28. The van der Waals surface area contributed by atoms with Gasteiger partial charge in [0.1, 0.15) is 0 Å². The topological polar surface area (TPSA) is 29.1 Å². The van der Waals surface area contributed by atoms with Crippen LogP contribution in [0.25, 0.3) is 0 Å². The Balaban J connectivity index is 1.99. The quantitative estimate of drug-likeness (QED) is 0.742. The Bertz CT molecular complexity index is 702. The molecule has 0 saturated heterocycles. The summed E-state index contributed by atoms with van der Waals surface area (Å²) in [6.07, 6.45) is 0.423. The zero-order chi connectivity index (χ0) is 14.3. The first kappa shape index (κ1) is 13.9. The van der Waals surface area contributed by atoms with Gasteiger partial charge in [-0.3, -0.25) is 4.79 Å². The van der Waals surface area contributed by atoms with Gasteiger partial charge >= 0.3 is 0 Å². The molecule has 20 heavy (non-hydrogen) atoms. The average molecular weight is 371 g/mol. The lowest BCUT2D eigenvalue weighted by Gasteiger charge is -2.14. The summed E-state index contributed by atoms with van der Waals surface area (Å²) in [5.74, 6) is 0.0315. The molecule has 1 atom stereocenters. The first-order valence-electron chi connectivity index (χ1n) is 6.06. The van der Waals surface area contributed by atoms with Gasteiger partial charge in [0, 0.05) is 15.7 Å². The highest BCUT2D eigenvalue weighted by Crippen LogP contribution is 2.38. The molecule has 2 nitrogen and oxygen atoms in total. The number of carbonyl (C=O) groups excluding carboxylic acids is 1. The van der Waals surface area contributed by atoms with E-state index in [4.69, 9.17) is 23.2 Å². The zero-order valence-electron chi connectivity index (χ0n) is 10.3. The van der Waals surface area contributed by atoms with Gasteiger partial charge in [0.15, 0.2) is 0 Å². The van der Waals surface area contributed by atoms with E-state index in [1.54, 1.807) is 12.1 Å². The molecule has 102 valence electrons. The molecule has 0 spiro atoms. The molecule has 1 heterocycles. The van der Waals surface area contributed by atoms with Crippen LogP contribution in [0, 0.1) is 0 Å². The van der Waals surface area contributed by atoms with E-state index in [1.165, 1.54) is 0 Å². The molecule has 1 aliphatic rings. The smallest absolute Gasteiger partial charge is 0.228 e. The Hall–Kier alpha value is -1.03. The van der Waals surface area contributed by atoms with Crippen LogP contribution in [0.1, 0.15) is 21.5 Å². The normalized spacial score (nSPS) is 14.8. The number of amides is 1. The largest absolute Gasteiger partial charge is 0.326 e. The summed E-state index contributed by atoms with van der Waals surface area (Å²) < 4.78 is 0. The van der Waals surface area contributed by atoms with Crippen molar-refractivity contribution in [2.45, 2.75) is 11.2 Å². The summed E-state index contributed by atoms with van der Waals surface area (Å²) in [7, 11) is 0. The highest BCUT2D eigenvalue weighted by molar-refractivity contribution is 9.09. The van der Waals surface area contributed by atoms with E-state index in [-0.39, 0.29) is 10.7 Å². The van der Waals surface area contributed by atoms with Crippen LogP contribution in [-0.2, 0) is 11.2 Å². The molecule has 1 N–H and O–H groups in total. The van der Waals surface area contributed by atoms with Gasteiger partial charge in [-0.15, -0.1) is 0 Å². The Labute approximate surface area is 135 Å². The van der Waals surface area contributed by atoms with Crippen molar-refractivity contribution in [1.29, 1.82) is 0 Å². The second-order valence-corrected chi connectivity index (χ2v) is 6.43. The number of hydrogen-bond acceptors (Lipinski definition) is 1. The highest BCUT2D eigenvalue weighted by atomic mass is 79.9. The molecule has 1 amide bonds. The highest BCUT2D eigenvalue weighted by Gasteiger charge is 2.20.